The van der Waals surface area contributed by atoms with E-state index < -0.39 is 5.97 Å². The quantitative estimate of drug-likeness (QED) is 0.860. The summed E-state index contributed by atoms with van der Waals surface area (Å²) in [5.74, 6) is -0.938. The molecule has 2 heterocycles. The molecule has 0 amide bonds. The molecule has 2 aromatic heterocycles. The normalized spacial score (nSPS) is 11.2. The Morgan fingerprint density at radius 3 is 2.88 bits per heavy atom. The van der Waals surface area contributed by atoms with Gasteiger partial charge in [-0.3, -0.25) is 4.40 Å². The third kappa shape index (κ3) is 2.45. The van der Waals surface area contributed by atoms with Gasteiger partial charge < -0.3 is 10.0 Å². The van der Waals surface area contributed by atoms with E-state index in [9.17, 15) is 4.79 Å². The third-order valence-electron chi connectivity index (χ3n) is 2.58. The van der Waals surface area contributed by atoms with E-state index in [-0.39, 0.29) is 5.69 Å². The SMILES string of the molecule is CN(C)CCc1cn2c(C(=O)O)cccc2n1. The number of carboxylic acids is 1. The summed E-state index contributed by atoms with van der Waals surface area (Å²) >= 11 is 0. The lowest BCUT2D eigenvalue weighted by atomic mass is 10.3. The highest BCUT2D eigenvalue weighted by Gasteiger charge is 2.10. The van der Waals surface area contributed by atoms with Crippen molar-refractivity contribution in [3.63, 3.8) is 0 Å². The van der Waals surface area contributed by atoms with Gasteiger partial charge in [0.15, 0.2) is 0 Å². The average molecular weight is 233 g/mol. The van der Waals surface area contributed by atoms with Crippen LogP contribution in [0.15, 0.2) is 24.4 Å². The monoisotopic (exact) mass is 233 g/mol. The molecule has 0 aliphatic rings. The lowest BCUT2D eigenvalue weighted by Gasteiger charge is -2.06. The minimum atomic E-state index is -0.938. The predicted molar refractivity (Wildman–Crippen MR) is 64.4 cm³/mol. The van der Waals surface area contributed by atoms with Crippen molar-refractivity contribution in [1.82, 2.24) is 14.3 Å². The number of nitrogens with zero attached hydrogens (tertiary/aromatic N) is 3. The molecule has 0 aliphatic heterocycles. The fraction of sp³-hybridized carbons (Fsp3) is 0.333. The van der Waals surface area contributed by atoms with Gasteiger partial charge in [0.05, 0.1) is 5.69 Å². The smallest absolute Gasteiger partial charge is 0.352 e. The van der Waals surface area contributed by atoms with Gasteiger partial charge in [-0.25, -0.2) is 9.78 Å². The molecule has 5 nitrogen and oxygen atoms in total. The van der Waals surface area contributed by atoms with Crippen molar-refractivity contribution in [3.8, 4) is 0 Å². The van der Waals surface area contributed by atoms with Crippen LogP contribution in [0.3, 0.4) is 0 Å². The summed E-state index contributed by atoms with van der Waals surface area (Å²) in [7, 11) is 4.00. The zero-order valence-corrected chi connectivity index (χ0v) is 9.92. The molecule has 90 valence electrons. The molecule has 0 saturated carbocycles. The highest BCUT2D eigenvalue weighted by atomic mass is 16.4. The molecule has 0 aromatic carbocycles. The second-order valence-electron chi connectivity index (χ2n) is 4.23. The van der Waals surface area contributed by atoms with Gasteiger partial charge in [-0.05, 0) is 26.2 Å². The van der Waals surface area contributed by atoms with Crippen LogP contribution in [0.1, 0.15) is 16.2 Å². The maximum atomic E-state index is 11.0. The Labute approximate surface area is 99.3 Å². The molecule has 0 bridgehead atoms. The molecule has 0 aliphatic carbocycles. The van der Waals surface area contributed by atoms with Crippen molar-refractivity contribution in [2.24, 2.45) is 0 Å². The number of pyridine rings is 1. The summed E-state index contributed by atoms with van der Waals surface area (Å²) in [6, 6.07) is 5.10. The van der Waals surface area contributed by atoms with Crippen LogP contribution in [0.5, 0.6) is 0 Å². The minimum Gasteiger partial charge on any atom is -0.477 e. The molecular weight excluding hydrogens is 218 g/mol. The van der Waals surface area contributed by atoms with Crippen molar-refractivity contribution < 1.29 is 9.90 Å². The van der Waals surface area contributed by atoms with Crippen molar-refractivity contribution in [2.45, 2.75) is 6.42 Å². The second kappa shape index (κ2) is 4.55. The molecular formula is C12H15N3O2. The second-order valence-corrected chi connectivity index (χ2v) is 4.23. The molecule has 0 atom stereocenters. The van der Waals surface area contributed by atoms with Crippen LogP contribution in [-0.4, -0.2) is 46.0 Å². The minimum absolute atomic E-state index is 0.242. The Bertz CT molecular complexity index is 546. The molecule has 17 heavy (non-hydrogen) atoms. The highest BCUT2D eigenvalue weighted by molar-refractivity contribution is 5.86. The van der Waals surface area contributed by atoms with Gasteiger partial charge in [-0.2, -0.15) is 0 Å². The van der Waals surface area contributed by atoms with Crippen LogP contribution < -0.4 is 0 Å². The fourth-order valence-corrected chi connectivity index (χ4v) is 1.69. The summed E-state index contributed by atoms with van der Waals surface area (Å²) in [6.07, 6.45) is 2.61. The number of hydrogen-bond donors (Lipinski definition) is 1. The summed E-state index contributed by atoms with van der Waals surface area (Å²) in [5, 5.41) is 9.05. The Morgan fingerprint density at radius 2 is 2.24 bits per heavy atom. The summed E-state index contributed by atoms with van der Waals surface area (Å²) in [5.41, 5.74) is 1.83. The first-order valence-electron chi connectivity index (χ1n) is 5.43. The van der Waals surface area contributed by atoms with Crippen LogP contribution in [0.2, 0.25) is 0 Å². The molecule has 0 unspecified atom stereocenters. The number of imidazole rings is 1. The van der Waals surface area contributed by atoms with Gasteiger partial charge >= 0.3 is 5.97 Å². The molecule has 0 radical (unpaired) electrons. The maximum absolute atomic E-state index is 11.0. The molecule has 0 fully saturated rings. The van der Waals surface area contributed by atoms with Crippen molar-refractivity contribution in [3.05, 3.63) is 35.8 Å². The maximum Gasteiger partial charge on any atom is 0.352 e. The van der Waals surface area contributed by atoms with Gasteiger partial charge in [0.1, 0.15) is 11.3 Å². The molecule has 5 heteroatoms. The van der Waals surface area contributed by atoms with Crippen LogP contribution in [0.25, 0.3) is 5.65 Å². The van der Waals surface area contributed by atoms with Gasteiger partial charge in [0.25, 0.3) is 0 Å². The fourth-order valence-electron chi connectivity index (χ4n) is 1.69. The number of fused-ring (bicyclic) bond motifs is 1. The first-order chi connectivity index (χ1) is 8.08. The van der Waals surface area contributed by atoms with Crippen LogP contribution in [0.4, 0.5) is 0 Å². The van der Waals surface area contributed by atoms with Gasteiger partial charge in [-0.1, -0.05) is 6.07 Å². The van der Waals surface area contributed by atoms with E-state index in [4.69, 9.17) is 5.11 Å². The van der Waals surface area contributed by atoms with Crippen LogP contribution in [-0.2, 0) is 6.42 Å². The number of aromatic carboxylic acids is 1. The molecule has 1 N–H and O–H groups in total. The standard InChI is InChI=1S/C12H15N3O2/c1-14(2)7-6-9-8-15-10(12(16)17)4-3-5-11(15)13-9/h3-5,8H,6-7H2,1-2H3,(H,16,17). The van der Waals surface area contributed by atoms with E-state index >= 15 is 0 Å². The number of rotatable bonds is 4. The number of likely N-dealkylation sites (N-methyl/N-ethyl adjacent to an activating group) is 1. The first-order valence-corrected chi connectivity index (χ1v) is 5.43. The molecule has 0 spiro atoms. The lowest BCUT2D eigenvalue weighted by Crippen LogP contribution is -2.15. The van der Waals surface area contributed by atoms with Crippen molar-refractivity contribution >= 4 is 11.6 Å². The van der Waals surface area contributed by atoms with Crippen molar-refractivity contribution in [2.75, 3.05) is 20.6 Å². The summed E-state index contributed by atoms with van der Waals surface area (Å²) in [4.78, 5) is 17.5. The first kappa shape index (κ1) is 11.6. The number of carboxylic acid groups (broad SMARTS) is 1. The Hall–Kier alpha value is -1.88. The van der Waals surface area contributed by atoms with Crippen LogP contribution >= 0.6 is 0 Å². The zero-order valence-electron chi connectivity index (χ0n) is 9.92. The predicted octanol–water partition coefficient (Wildman–Crippen LogP) is 1.14. The molecule has 2 aromatic rings. The topological polar surface area (TPSA) is 57.8 Å². The Kier molecular flexibility index (Phi) is 3.10. The highest BCUT2D eigenvalue weighted by Crippen LogP contribution is 2.10. The number of aromatic nitrogens is 2. The summed E-state index contributed by atoms with van der Waals surface area (Å²) in [6.45, 7) is 0.895. The Morgan fingerprint density at radius 1 is 1.47 bits per heavy atom. The van der Waals surface area contributed by atoms with Gasteiger partial charge in [0.2, 0.25) is 0 Å². The van der Waals surface area contributed by atoms with E-state index in [1.807, 2.05) is 20.2 Å². The number of carbonyl (C=O) groups is 1. The van der Waals surface area contributed by atoms with E-state index in [0.717, 1.165) is 18.7 Å². The third-order valence-corrected chi connectivity index (χ3v) is 2.58. The van der Waals surface area contributed by atoms with Gasteiger partial charge in [0, 0.05) is 19.2 Å². The zero-order chi connectivity index (χ0) is 12.4. The average Bonchev–Trinajstić information content (AvgIpc) is 2.68. The van der Waals surface area contributed by atoms with Crippen molar-refractivity contribution in [1.29, 1.82) is 0 Å². The number of hydrogen-bond acceptors (Lipinski definition) is 3. The Balaban J connectivity index is 2.36. The van der Waals surface area contributed by atoms with E-state index in [2.05, 4.69) is 9.88 Å². The molecule has 0 saturated heterocycles. The molecule has 2 rings (SSSR count). The van der Waals surface area contributed by atoms with E-state index in [1.165, 1.54) is 0 Å². The van der Waals surface area contributed by atoms with Crippen LogP contribution in [0, 0.1) is 0 Å². The summed E-state index contributed by atoms with van der Waals surface area (Å²) < 4.78 is 1.62. The lowest BCUT2D eigenvalue weighted by molar-refractivity contribution is 0.0689. The van der Waals surface area contributed by atoms with E-state index in [1.54, 1.807) is 22.7 Å². The largest absolute Gasteiger partial charge is 0.477 e. The van der Waals surface area contributed by atoms with Gasteiger partial charge in [-0.15, -0.1) is 0 Å². The van der Waals surface area contributed by atoms with E-state index in [0.29, 0.717) is 5.65 Å².